The summed E-state index contributed by atoms with van der Waals surface area (Å²) in [5.74, 6) is -1.06. The van der Waals surface area contributed by atoms with Crippen LogP contribution < -0.4 is 53.2 Å². The molecule has 30 nitrogen and oxygen atoms in total. The van der Waals surface area contributed by atoms with E-state index in [0.717, 1.165) is 50.7 Å². The standard InChI is InChI=1S/C11H22N2O3S.C10H20N2O.C9H18N2O3.C9H9NO3.C6H14N2O2.C5H12N2O.C5H11NO2.C4H10N2O/c1-11(2,3)16-10(15)13-8(6-7-17-5)9(14)12-4;1-10(11-2)4-3-5-12-6-8-13-9-7-12;1-9(2,3)14-8(13)11(5)6-7(12)10-4;1-10-8(11)6-4-2-3-5-7(6)9(12)13;1-7-6(9)10-5-4-8(2)3;1-6-5(8)4-7(2)3;1-6-5(8)3-2-4-7;1-5-3-4(7)6-2/h8H,6-7H2,1-5H3,(H,12,14)(H,13,15);11H,1,3-9H2,2H3;6H2,1-5H3,(H,10,12);2-5H,1H3,(H,10,11)(H,12,13);4-5H2,1-3H3,(H,7,9);4H2,1-3H3,(H,6,8);7H,2-4H2,1H3,(H,6,8);5H,3H2,1-2H3,(H,6,7). The Balaban J connectivity index is -0.000000228. The molecule has 0 spiro atoms. The van der Waals surface area contributed by atoms with Crippen molar-refractivity contribution in [1.29, 1.82) is 0 Å². The molecule has 1 atom stereocenters. The van der Waals surface area contributed by atoms with Crippen LogP contribution in [0.1, 0.15) is 94.4 Å². The predicted octanol–water partition coefficient (Wildman–Crippen LogP) is 1.21. The summed E-state index contributed by atoms with van der Waals surface area (Å²) in [6, 6.07) is 5.53. The Morgan fingerprint density at radius 2 is 1.18 bits per heavy atom. The molecule has 1 aliphatic heterocycles. The Kier molecular flexibility index (Phi) is 62.3. The van der Waals surface area contributed by atoms with Crippen LogP contribution in [0.5, 0.6) is 0 Å². The number of benzene rings is 1. The van der Waals surface area contributed by atoms with Crippen molar-refractivity contribution in [1.82, 2.24) is 72.8 Å². The highest BCUT2D eigenvalue weighted by Gasteiger charge is 2.24. The summed E-state index contributed by atoms with van der Waals surface area (Å²) >= 11 is 1.63. The Bertz CT molecular complexity index is 2140. The molecule has 90 heavy (non-hydrogen) atoms. The number of hydrogen-bond donors (Lipinski definition) is 12. The van der Waals surface area contributed by atoms with Gasteiger partial charge in [0.15, 0.2) is 0 Å². The molecule has 1 fully saturated rings. The van der Waals surface area contributed by atoms with E-state index in [2.05, 4.69) is 64.6 Å². The fourth-order valence-corrected chi connectivity index (χ4v) is 6.14. The van der Waals surface area contributed by atoms with Crippen molar-refractivity contribution in [2.24, 2.45) is 0 Å². The maximum Gasteiger partial charge on any atom is 0.410 e. The summed E-state index contributed by atoms with van der Waals surface area (Å²) < 4.78 is 20.1. The average Bonchev–Trinajstić information content (AvgIpc) is 1.59. The second-order valence-electron chi connectivity index (χ2n) is 21.2. The van der Waals surface area contributed by atoms with Gasteiger partial charge in [-0.2, -0.15) is 11.8 Å². The van der Waals surface area contributed by atoms with Crippen LogP contribution in [0.15, 0.2) is 36.5 Å². The smallest absolute Gasteiger partial charge is 0.410 e. The lowest BCUT2D eigenvalue weighted by Gasteiger charge is -2.26. The Hall–Kier alpha value is -7.03. The summed E-state index contributed by atoms with van der Waals surface area (Å²) in [7, 11) is 23.6. The molecule has 1 unspecified atom stereocenters. The summed E-state index contributed by atoms with van der Waals surface area (Å²) in [5, 5.41) is 42.4. The highest BCUT2D eigenvalue weighted by atomic mass is 32.2. The second kappa shape index (κ2) is 59.6. The van der Waals surface area contributed by atoms with E-state index in [4.69, 9.17) is 29.2 Å². The molecule has 0 radical (unpaired) electrons. The van der Waals surface area contributed by atoms with Gasteiger partial charge >= 0.3 is 24.2 Å². The van der Waals surface area contributed by atoms with Gasteiger partial charge in [-0.15, -0.1) is 0 Å². The minimum Gasteiger partial charge on any atom is -0.478 e. The first kappa shape index (κ1) is 94.1. The minimum absolute atomic E-state index is 0.00537. The van der Waals surface area contributed by atoms with Crippen molar-refractivity contribution in [3.05, 3.63) is 47.7 Å². The molecule has 9 amide bonds. The van der Waals surface area contributed by atoms with Gasteiger partial charge in [0.1, 0.15) is 30.4 Å². The van der Waals surface area contributed by atoms with Crippen LogP contribution in [0.4, 0.5) is 14.4 Å². The molecular weight excluding hydrogens is 1190 g/mol. The number of carboxylic acid groups (broad SMARTS) is 1. The number of amides is 9. The number of nitrogens with zero attached hydrogens (tertiary/aromatic N) is 4. The number of ether oxygens (including phenoxy) is 4. The maximum absolute atomic E-state index is 11.5. The number of morpholine rings is 1. The number of aromatic carboxylic acids is 1. The third-order valence-electron chi connectivity index (χ3n) is 10.4. The molecule has 0 saturated carbocycles. The molecule has 0 bridgehead atoms. The van der Waals surface area contributed by atoms with Gasteiger partial charge in [-0.25, -0.2) is 19.2 Å². The van der Waals surface area contributed by atoms with Crippen LogP contribution in [0.2, 0.25) is 0 Å². The highest BCUT2D eigenvalue weighted by Crippen LogP contribution is 2.11. The third kappa shape index (κ3) is 65.4. The van der Waals surface area contributed by atoms with Crippen LogP contribution in [0.25, 0.3) is 0 Å². The van der Waals surface area contributed by atoms with E-state index < -0.39 is 41.3 Å². The topological polar surface area (TPSA) is 381 Å². The summed E-state index contributed by atoms with van der Waals surface area (Å²) in [6.45, 7) is 21.9. The van der Waals surface area contributed by atoms with Crippen molar-refractivity contribution in [3.8, 4) is 0 Å². The van der Waals surface area contributed by atoms with Crippen molar-refractivity contribution >= 4 is 71.5 Å². The number of carbonyl (C=O) groups is 10. The first-order chi connectivity index (χ1) is 42.0. The molecule has 1 aromatic carbocycles. The fourth-order valence-electron chi connectivity index (χ4n) is 5.67. The van der Waals surface area contributed by atoms with E-state index >= 15 is 0 Å². The molecule has 524 valence electrons. The number of carboxylic acids is 1. The number of likely N-dealkylation sites (N-methyl/N-ethyl adjacent to an activating group) is 8. The number of hydrogen-bond acceptors (Lipinski definition) is 21. The van der Waals surface area contributed by atoms with Crippen LogP contribution in [0.3, 0.4) is 0 Å². The van der Waals surface area contributed by atoms with Gasteiger partial charge in [-0.05, 0) is 133 Å². The Labute approximate surface area is 540 Å². The van der Waals surface area contributed by atoms with Crippen LogP contribution in [-0.4, -0.2) is 290 Å². The van der Waals surface area contributed by atoms with Crippen molar-refractivity contribution in [2.45, 2.75) is 90.9 Å². The average molecular weight is 1310 g/mol. The lowest BCUT2D eigenvalue weighted by Crippen LogP contribution is -2.47. The van der Waals surface area contributed by atoms with Crippen molar-refractivity contribution < 1.29 is 77.1 Å². The monoisotopic (exact) mass is 1310 g/mol. The van der Waals surface area contributed by atoms with Crippen molar-refractivity contribution in [2.75, 3.05) is 183 Å². The van der Waals surface area contributed by atoms with E-state index in [1.54, 1.807) is 101 Å². The van der Waals surface area contributed by atoms with E-state index in [9.17, 15) is 47.9 Å². The van der Waals surface area contributed by atoms with E-state index in [-0.39, 0.29) is 59.9 Å². The number of alkyl carbamates (subject to hydrolysis) is 2. The summed E-state index contributed by atoms with van der Waals surface area (Å²) in [6.07, 6.45) is 4.35. The quantitative estimate of drug-likeness (QED) is 0.0647. The fraction of sp³-hybridized carbons (Fsp3) is 0.695. The zero-order chi connectivity index (χ0) is 70.8. The lowest BCUT2D eigenvalue weighted by atomic mass is 10.1. The van der Waals surface area contributed by atoms with Gasteiger partial charge in [0.05, 0.1) is 37.4 Å². The molecule has 0 aromatic heterocycles. The summed E-state index contributed by atoms with van der Waals surface area (Å²) in [5.41, 5.74) is 0.234. The van der Waals surface area contributed by atoms with E-state index in [0.29, 0.717) is 39.0 Å². The molecule has 1 saturated heterocycles. The van der Waals surface area contributed by atoms with Crippen LogP contribution in [0, 0.1) is 0 Å². The van der Waals surface area contributed by atoms with Gasteiger partial charge < -0.3 is 97.0 Å². The molecule has 1 aromatic rings. The normalized spacial score (nSPS) is 11.4. The predicted molar refractivity (Wildman–Crippen MR) is 355 cm³/mol. The molecule has 1 aliphatic rings. The first-order valence-corrected chi connectivity index (χ1v) is 30.5. The lowest BCUT2D eigenvalue weighted by molar-refractivity contribution is -0.123. The van der Waals surface area contributed by atoms with E-state index in [1.807, 2.05) is 51.3 Å². The number of thioether (sulfide) groups is 1. The number of rotatable bonds is 24. The van der Waals surface area contributed by atoms with E-state index in [1.165, 1.54) is 58.2 Å². The SMILES string of the molecule is C=C(CCCN1CCOCC1)NC.CNC(=O)C(CCSC)NC(=O)OC(C)(C)C.CNC(=O)CCCO.CNC(=O)CN(C)C.CNC(=O)CN(C)C(=O)OC(C)(C)C.CNC(=O)OCCN(C)C.CNC(=O)c1ccccc1C(=O)O.CNCC(=O)NC. The molecule has 12 N–H and O–H groups in total. The van der Waals surface area contributed by atoms with Gasteiger partial charge in [-0.3, -0.25) is 33.7 Å². The largest absolute Gasteiger partial charge is 0.478 e. The van der Waals surface area contributed by atoms with Gasteiger partial charge in [0, 0.05) is 102 Å². The third-order valence-corrected chi connectivity index (χ3v) is 11.1. The summed E-state index contributed by atoms with van der Waals surface area (Å²) in [4.78, 5) is 116. The van der Waals surface area contributed by atoms with Crippen LogP contribution in [-0.2, 0) is 42.9 Å². The molecule has 31 heteroatoms. The number of nitrogens with one attached hydrogen (secondary N) is 10. The molecule has 0 aliphatic carbocycles. The van der Waals surface area contributed by atoms with Gasteiger partial charge in [0.25, 0.3) is 5.91 Å². The first-order valence-electron chi connectivity index (χ1n) is 29.1. The number of carbonyl (C=O) groups excluding carboxylic acids is 9. The zero-order valence-corrected chi connectivity index (χ0v) is 58.7. The zero-order valence-electron chi connectivity index (χ0n) is 57.9. The van der Waals surface area contributed by atoms with Crippen LogP contribution >= 0.6 is 11.8 Å². The number of aliphatic hydroxyl groups is 1. The number of allylic oxidation sites excluding steroid dienone is 1. The minimum atomic E-state index is -1.10. The van der Waals surface area contributed by atoms with Gasteiger partial charge in [-0.1, -0.05) is 18.7 Å². The second-order valence-corrected chi connectivity index (χ2v) is 22.2. The maximum atomic E-state index is 11.5. The van der Waals surface area contributed by atoms with Gasteiger partial charge in [0.2, 0.25) is 29.5 Å². The Morgan fingerprint density at radius 3 is 1.57 bits per heavy atom. The molecular formula is C59H116N14O16S. The Morgan fingerprint density at radius 1 is 0.656 bits per heavy atom. The number of aliphatic hydroxyl groups excluding tert-OH is 1. The highest BCUT2D eigenvalue weighted by molar-refractivity contribution is 7.98. The molecule has 2 rings (SSSR count). The van der Waals surface area contributed by atoms with Crippen molar-refractivity contribution in [3.63, 3.8) is 0 Å². The molecule has 1 heterocycles.